The Morgan fingerprint density at radius 3 is 2.50 bits per heavy atom. The minimum absolute atomic E-state index is 0.385. The van der Waals surface area contributed by atoms with Gasteiger partial charge in [0.2, 0.25) is 0 Å². The molecule has 0 aliphatic rings. The third kappa shape index (κ3) is 2.36. The number of aliphatic carboxylic acids is 1. The van der Waals surface area contributed by atoms with E-state index in [4.69, 9.17) is 10.8 Å². The van der Waals surface area contributed by atoms with Gasteiger partial charge in [0.1, 0.15) is 6.04 Å². The Morgan fingerprint density at radius 1 is 1.42 bits per heavy atom. The number of hydrogen-bond acceptors (Lipinski definition) is 2. The highest BCUT2D eigenvalue weighted by Gasteiger charge is 2.10. The number of carbonyl (C=O) groups is 1. The van der Waals surface area contributed by atoms with Crippen molar-refractivity contribution in [2.24, 2.45) is 5.73 Å². The van der Waals surface area contributed by atoms with E-state index < -0.39 is 12.0 Å². The summed E-state index contributed by atoms with van der Waals surface area (Å²) in [7, 11) is 0. The molecule has 1 aromatic carbocycles. The number of benzene rings is 1. The van der Waals surface area contributed by atoms with E-state index in [9.17, 15) is 4.79 Å². The molecule has 12 heavy (non-hydrogen) atoms. The summed E-state index contributed by atoms with van der Waals surface area (Å²) < 4.78 is 0. The molecule has 1 atom stereocenters. The Kier molecular flexibility index (Phi) is 2.82. The number of nitrogens with two attached hydrogens (primary N) is 1. The first-order chi connectivity index (χ1) is 5.70. The van der Waals surface area contributed by atoms with Crippen LogP contribution in [0.2, 0.25) is 0 Å². The van der Waals surface area contributed by atoms with Gasteiger partial charge >= 0.3 is 5.97 Å². The molecule has 0 saturated carbocycles. The van der Waals surface area contributed by atoms with Crippen LogP contribution in [0, 0.1) is 0 Å². The van der Waals surface area contributed by atoms with Crippen LogP contribution in [0.15, 0.2) is 30.3 Å². The maximum Gasteiger partial charge on any atom is 0.320 e. The number of carboxylic acids is 1. The molecule has 3 heteroatoms. The Morgan fingerprint density at radius 2 is 2.00 bits per heavy atom. The molecule has 0 amide bonds. The Hall–Kier alpha value is -1.35. The van der Waals surface area contributed by atoms with Crippen molar-refractivity contribution >= 4 is 5.97 Å². The highest BCUT2D eigenvalue weighted by molar-refractivity contribution is 5.73. The largest absolute Gasteiger partial charge is 0.480 e. The van der Waals surface area contributed by atoms with Crippen LogP contribution in [0.3, 0.4) is 0 Å². The molecule has 1 rings (SSSR count). The minimum atomic E-state index is -0.959. The van der Waals surface area contributed by atoms with Gasteiger partial charge in [0.05, 0.1) is 0 Å². The fraction of sp³-hybridized carbons (Fsp3) is 0.222. The molecule has 0 aliphatic carbocycles. The lowest BCUT2D eigenvalue weighted by Crippen LogP contribution is -2.32. The van der Waals surface area contributed by atoms with Gasteiger partial charge in [0.15, 0.2) is 0 Å². The van der Waals surface area contributed by atoms with E-state index in [2.05, 4.69) is 0 Å². The number of rotatable bonds is 3. The SMILES string of the molecule is N[C@@H]([13CH2]c1ccccc1)C(=O)O. The summed E-state index contributed by atoms with van der Waals surface area (Å²) in [5, 5.41) is 8.52. The van der Waals surface area contributed by atoms with Crippen LogP contribution in [0.25, 0.3) is 0 Å². The quantitative estimate of drug-likeness (QED) is 0.648. The van der Waals surface area contributed by atoms with Crippen LogP contribution in [0.4, 0.5) is 0 Å². The average molecular weight is 166 g/mol. The van der Waals surface area contributed by atoms with Crippen LogP contribution in [-0.4, -0.2) is 17.1 Å². The standard InChI is InChI=1S/C9H11NO2/c10-8(9(11)12)6-7-4-2-1-3-5-7/h1-5,8H,6,10H2,(H,11,12)/t8-/m0/s1/i6+1. The van der Waals surface area contributed by atoms with Crippen molar-refractivity contribution in [3.8, 4) is 0 Å². The summed E-state index contributed by atoms with van der Waals surface area (Å²) in [5.74, 6) is -0.959. The summed E-state index contributed by atoms with van der Waals surface area (Å²) in [4.78, 5) is 10.4. The lowest BCUT2D eigenvalue weighted by Gasteiger charge is -2.04. The second-order valence-corrected chi connectivity index (χ2v) is 2.63. The maximum atomic E-state index is 10.4. The normalized spacial score (nSPS) is 12.4. The summed E-state index contributed by atoms with van der Waals surface area (Å²) in [5.41, 5.74) is 6.30. The van der Waals surface area contributed by atoms with Gasteiger partial charge in [0.25, 0.3) is 0 Å². The Bertz CT molecular complexity index is 258. The lowest BCUT2D eigenvalue weighted by atomic mass is 10.2. The molecule has 0 aromatic heterocycles. The van der Waals surface area contributed by atoms with Gasteiger partial charge in [-0.25, -0.2) is 0 Å². The molecule has 0 saturated heterocycles. The summed E-state index contributed by atoms with van der Waals surface area (Å²) in [6, 6.07) is 8.54. The van der Waals surface area contributed by atoms with Crippen LogP contribution >= 0.6 is 0 Å². The summed E-state index contributed by atoms with van der Waals surface area (Å²) >= 11 is 0. The first kappa shape index (κ1) is 8.74. The molecule has 1 aromatic rings. The van der Waals surface area contributed by atoms with Gasteiger partial charge in [-0.2, -0.15) is 0 Å². The molecule has 0 unspecified atom stereocenters. The average Bonchev–Trinajstić information content (AvgIpc) is 2.06. The van der Waals surface area contributed by atoms with Crippen LogP contribution in [0.5, 0.6) is 0 Å². The number of carboxylic acid groups (broad SMARTS) is 1. The van der Waals surface area contributed by atoms with E-state index >= 15 is 0 Å². The van der Waals surface area contributed by atoms with E-state index in [0.717, 1.165) is 5.56 Å². The molecule has 3 nitrogen and oxygen atoms in total. The van der Waals surface area contributed by atoms with Gasteiger partial charge in [0, 0.05) is 0 Å². The molecular formula is C9H11NO2. The monoisotopic (exact) mass is 166 g/mol. The number of hydrogen-bond donors (Lipinski definition) is 2. The van der Waals surface area contributed by atoms with E-state index in [-0.39, 0.29) is 0 Å². The van der Waals surface area contributed by atoms with Crippen molar-refractivity contribution < 1.29 is 9.90 Å². The predicted molar refractivity (Wildman–Crippen MR) is 45.8 cm³/mol. The Labute approximate surface area is 70.8 Å². The third-order valence-electron chi connectivity index (χ3n) is 1.62. The van der Waals surface area contributed by atoms with Gasteiger partial charge in [-0.3, -0.25) is 4.79 Å². The highest BCUT2D eigenvalue weighted by atomic mass is 16.4. The molecule has 0 bridgehead atoms. The van der Waals surface area contributed by atoms with Crippen molar-refractivity contribution in [2.75, 3.05) is 0 Å². The fourth-order valence-electron chi connectivity index (χ4n) is 0.955. The molecular weight excluding hydrogens is 155 g/mol. The predicted octanol–water partition coefficient (Wildman–Crippen LogP) is 0.641. The van der Waals surface area contributed by atoms with Crippen LogP contribution in [0.1, 0.15) is 5.56 Å². The molecule has 3 N–H and O–H groups in total. The zero-order valence-corrected chi connectivity index (χ0v) is 6.60. The smallest absolute Gasteiger partial charge is 0.320 e. The van der Waals surface area contributed by atoms with E-state index in [1.807, 2.05) is 30.3 Å². The first-order valence-electron chi connectivity index (χ1n) is 3.72. The van der Waals surface area contributed by atoms with E-state index in [1.54, 1.807) is 0 Å². The lowest BCUT2D eigenvalue weighted by molar-refractivity contribution is -0.138. The summed E-state index contributed by atoms with van der Waals surface area (Å²) in [6.07, 6.45) is 0.385. The zero-order chi connectivity index (χ0) is 8.97. The Balaban J connectivity index is 2.58. The maximum absolute atomic E-state index is 10.4. The van der Waals surface area contributed by atoms with Gasteiger partial charge in [-0.1, -0.05) is 30.3 Å². The van der Waals surface area contributed by atoms with Crippen LogP contribution in [-0.2, 0) is 11.2 Å². The minimum Gasteiger partial charge on any atom is -0.480 e. The summed E-state index contributed by atoms with van der Waals surface area (Å²) in [6.45, 7) is 0. The first-order valence-corrected chi connectivity index (χ1v) is 3.72. The molecule has 0 aliphatic heterocycles. The van der Waals surface area contributed by atoms with Gasteiger partial charge in [-0.15, -0.1) is 0 Å². The fourth-order valence-corrected chi connectivity index (χ4v) is 0.955. The van der Waals surface area contributed by atoms with Crippen molar-refractivity contribution in [2.45, 2.75) is 12.5 Å². The van der Waals surface area contributed by atoms with Crippen molar-refractivity contribution in [3.63, 3.8) is 0 Å². The second kappa shape index (κ2) is 3.88. The van der Waals surface area contributed by atoms with Gasteiger partial charge < -0.3 is 10.8 Å². The highest BCUT2D eigenvalue weighted by Crippen LogP contribution is 2.01. The zero-order valence-electron chi connectivity index (χ0n) is 6.60. The molecule has 0 radical (unpaired) electrons. The molecule has 0 spiro atoms. The molecule has 0 heterocycles. The van der Waals surface area contributed by atoms with Gasteiger partial charge in [-0.05, 0) is 12.0 Å². The van der Waals surface area contributed by atoms with Crippen LogP contribution < -0.4 is 5.73 Å². The van der Waals surface area contributed by atoms with E-state index in [1.165, 1.54) is 0 Å². The van der Waals surface area contributed by atoms with Crippen molar-refractivity contribution in [3.05, 3.63) is 35.9 Å². The topological polar surface area (TPSA) is 63.3 Å². The van der Waals surface area contributed by atoms with E-state index in [0.29, 0.717) is 6.42 Å². The molecule has 64 valence electrons. The molecule has 0 fully saturated rings. The second-order valence-electron chi connectivity index (χ2n) is 2.63. The van der Waals surface area contributed by atoms with Crippen molar-refractivity contribution in [1.82, 2.24) is 0 Å². The third-order valence-corrected chi connectivity index (χ3v) is 1.62. The van der Waals surface area contributed by atoms with Crippen molar-refractivity contribution in [1.29, 1.82) is 0 Å².